The second-order valence-electron chi connectivity index (χ2n) is 6.73. The average molecular weight is 484 g/mol. The summed E-state index contributed by atoms with van der Waals surface area (Å²) in [6.45, 7) is 1.95. The Labute approximate surface area is 189 Å². The number of phenols is 1. The highest BCUT2D eigenvalue weighted by Gasteiger charge is 2.38. The van der Waals surface area contributed by atoms with Crippen LogP contribution in [0, 0.1) is 6.92 Å². The molecule has 0 bridgehead atoms. The van der Waals surface area contributed by atoms with Gasteiger partial charge in [-0.3, -0.25) is 5.10 Å². The number of hydrogen-bond acceptors (Lipinski definition) is 6. The van der Waals surface area contributed by atoms with Gasteiger partial charge in [-0.25, -0.2) is 9.78 Å². The predicted octanol–water partition coefficient (Wildman–Crippen LogP) is 5.10. The molecule has 0 radical (unpaired) electrons. The number of pyridine rings is 1. The Hall–Kier alpha value is -3.73. The normalized spacial score (nSPS) is 11.2. The van der Waals surface area contributed by atoms with Gasteiger partial charge in [-0.05, 0) is 37.3 Å². The van der Waals surface area contributed by atoms with Crippen molar-refractivity contribution in [2.45, 2.75) is 13.1 Å². The number of fused-ring (bicyclic) bond motifs is 3. The number of hydrogen-bond donors (Lipinski definition) is 3. The van der Waals surface area contributed by atoms with Gasteiger partial charge in [0.2, 0.25) is 0 Å². The summed E-state index contributed by atoms with van der Waals surface area (Å²) in [5, 5.41) is 27.1. The lowest BCUT2D eigenvalue weighted by molar-refractivity contribution is -0.192. The number of nitrogens with zero attached hydrogens (tertiary/aromatic N) is 2. The maximum absolute atomic E-state index is 10.6. The Morgan fingerprint density at radius 2 is 1.67 bits per heavy atom. The van der Waals surface area contributed by atoms with Crippen molar-refractivity contribution in [3.63, 3.8) is 0 Å². The third kappa shape index (κ3) is 4.72. The molecule has 0 atom stereocenters. The highest BCUT2D eigenvalue weighted by molar-refractivity contribution is 6.32. The Bertz CT molecular complexity index is 1350. The van der Waals surface area contributed by atoms with Crippen LogP contribution >= 0.6 is 11.6 Å². The lowest BCUT2D eigenvalue weighted by atomic mass is 10.00. The van der Waals surface area contributed by atoms with Crippen molar-refractivity contribution in [2.75, 3.05) is 14.2 Å². The molecule has 4 rings (SSSR count). The van der Waals surface area contributed by atoms with Crippen molar-refractivity contribution in [3.8, 4) is 28.5 Å². The molecular formula is C21H17ClF3N3O5. The minimum Gasteiger partial charge on any atom is -0.506 e. The zero-order valence-electron chi connectivity index (χ0n) is 17.4. The number of aromatic hydroxyl groups is 1. The molecule has 174 valence electrons. The molecule has 0 unspecified atom stereocenters. The van der Waals surface area contributed by atoms with Crippen LogP contribution in [-0.4, -0.2) is 51.8 Å². The number of H-pyrrole nitrogens is 1. The van der Waals surface area contributed by atoms with Crippen LogP contribution in [0.4, 0.5) is 13.2 Å². The molecule has 2 aromatic carbocycles. The lowest BCUT2D eigenvalue weighted by Crippen LogP contribution is -2.21. The number of nitrogens with one attached hydrogen (secondary N) is 1. The Morgan fingerprint density at radius 1 is 1.09 bits per heavy atom. The van der Waals surface area contributed by atoms with Crippen molar-refractivity contribution in [3.05, 3.63) is 41.0 Å². The standard InChI is InChI=1S/C19H16ClN3O3.C2HF3O2/c1-9-17-11-7-15(25-2)16(26-3)8-12(11)18(21-19(17)23-22-9)10-4-5-14(24)13(20)6-10;3-2(4,5)1(6)7/h4-8,24H,1-3H3,(H,21,22,23);(H,6,7). The van der Waals surface area contributed by atoms with Gasteiger partial charge in [0.25, 0.3) is 0 Å². The van der Waals surface area contributed by atoms with Crippen molar-refractivity contribution in [1.82, 2.24) is 15.2 Å². The Morgan fingerprint density at radius 3 is 2.18 bits per heavy atom. The van der Waals surface area contributed by atoms with E-state index in [1.807, 2.05) is 19.1 Å². The average Bonchev–Trinajstić information content (AvgIpc) is 3.14. The summed E-state index contributed by atoms with van der Waals surface area (Å²) in [6, 6.07) is 8.81. The summed E-state index contributed by atoms with van der Waals surface area (Å²) in [4.78, 5) is 13.6. The van der Waals surface area contributed by atoms with Gasteiger partial charge in [-0.15, -0.1) is 0 Å². The summed E-state index contributed by atoms with van der Waals surface area (Å²) >= 11 is 6.10. The smallest absolute Gasteiger partial charge is 0.490 e. The first-order chi connectivity index (χ1) is 15.5. The van der Waals surface area contributed by atoms with E-state index >= 15 is 0 Å². The summed E-state index contributed by atoms with van der Waals surface area (Å²) < 4.78 is 42.7. The van der Waals surface area contributed by atoms with Crippen molar-refractivity contribution in [1.29, 1.82) is 0 Å². The number of methoxy groups -OCH3 is 2. The summed E-state index contributed by atoms with van der Waals surface area (Å²) in [6.07, 6.45) is -5.08. The second kappa shape index (κ2) is 9.02. The number of phenolic OH excluding ortho intramolecular Hbond substituents is 1. The van der Waals surface area contributed by atoms with Gasteiger partial charge < -0.3 is 19.7 Å². The van der Waals surface area contributed by atoms with E-state index in [1.165, 1.54) is 0 Å². The SMILES string of the molecule is COc1cc2c(-c3ccc(O)c(Cl)c3)nc3n[nH]c(C)c3c2cc1OC.O=C(O)C(F)(F)F. The zero-order valence-corrected chi connectivity index (χ0v) is 18.2. The van der Waals surface area contributed by atoms with E-state index in [0.717, 1.165) is 27.4 Å². The molecule has 12 heteroatoms. The molecule has 2 heterocycles. The van der Waals surface area contributed by atoms with Crippen LogP contribution in [0.2, 0.25) is 5.02 Å². The van der Waals surface area contributed by atoms with E-state index in [0.29, 0.717) is 22.8 Å². The largest absolute Gasteiger partial charge is 0.506 e. The molecule has 33 heavy (non-hydrogen) atoms. The number of rotatable bonds is 3. The number of alkyl halides is 3. The molecule has 0 aliphatic carbocycles. The van der Waals surface area contributed by atoms with Gasteiger partial charge in [-0.2, -0.15) is 18.3 Å². The molecule has 8 nitrogen and oxygen atoms in total. The van der Waals surface area contributed by atoms with Gasteiger partial charge in [0, 0.05) is 27.4 Å². The first-order valence-corrected chi connectivity index (χ1v) is 9.55. The molecule has 3 N–H and O–H groups in total. The van der Waals surface area contributed by atoms with E-state index in [2.05, 4.69) is 10.2 Å². The van der Waals surface area contributed by atoms with Crippen LogP contribution in [0.3, 0.4) is 0 Å². The summed E-state index contributed by atoms with van der Waals surface area (Å²) in [5.41, 5.74) is 2.98. The summed E-state index contributed by atoms with van der Waals surface area (Å²) in [5.74, 6) is -1.50. The number of benzene rings is 2. The Balaban J connectivity index is 0.000000383. The molecule has 4 aromatic rings. The van der Waals surface area contributed by atoms with Crippen molar-refractivity contribution < 1.29 is 37.7 Å². The number of carboxylic acid groups (broad SMARTS) is 1. The van der Waals surface area contributed by atoms with E-state index in [4.69, 9.17) is 36.0 Å². The maximum Gasteiger partial charge on any atom is 0.490 e. The number of aromatic nitrogens is 3. The maximum atomic E-state index is 10.6. The fourth-order valence-corrected chi connectivity index (χ4v) is 3.32. The minimum atomic E-state index is -5.08. The van der Waals surface area contributed by atoms with Gasteiger partial charge in [0.1, 0.15) is 5.75 Å². The van der Waals surface area contributed by atoms with Crippen LogP contribution in [0.25, 0.3) is 33.1 Å². The molecule has 0 aliphatic rings. The molecule has 0 amide bonds. The van der Waals surface area contributed by atoms with E-state index in [1.54, 1.807) is 32.4 Å². The second-order valence-corrected chi connectivity index (χ2v) is 7.14. The number of aromatic amines is 1. The number of aliphatic carboxylic acids is 1. The van der Waals surface area contributed by atoms with E-state index in [9.17, 15) is 18.3 Å². The first-order valence-electron chi connectivity index (χ1n) is 9.17. The van der Waals surface area contributed by atoms with Crippen LogP contribution in [0.5, 0.6) is 17.2 Å². The fraction of sp³-hybridized carbons (Fsp3) is 0.190. The van der Waals surface area contributed by atoms with Crippen molar-refractivity contribution >= 4 is 39.4 Å². The minimum absolute atomic E-state index is 0.0238. The number of ether oxygens (including phenoxy) is 2. The van der Waals surface area contributed by atoms with Gasteiger partial charge in [0.05, 0.1) is 24.9 Å². The van der Waals surface area contributed by atoms with Crippen LogP contribution in [0.15, 0.2) is 30.3 Å². The van der Waals surface area contributed by atoms with E-state index in [-0.39, 0.29) is 10.8 Å². The first kappa shape index (κ1) is 23.9. The number of carbonyl (C=O) groups is 1. The summed E-state index contributed by atoms with van der Waals surface area (Å²) in [7, 11) is 3.20. The van der Waals surface area contributed by atoms with Crippen molar-refractivity contribution in [2.24, 2.45) is 0 Å². The number of halogens is 4. The van der Waals surface area contributed by atoms with Crippen LogP contribution in [-0.2, 0) is 4.79 Å². The zero-order chi connectivity index (χ0) is 24.5. The molecule has 0 saturated carbocycles. The van der Waals surface area contributed by atoms with Gasteiger partial charge >= 0.3 is 12.1 Å². The lowest BCUT2D eigenvalue weighted by Gasteiger charge is -2.13. The topological polar surface area (TPSA) is 118 Å². The monoisotopic (exact) mass is 483 g/mol. The highest BCUT2D eigenvalue weighted by atomic mass is 35.5. The van der Waals surface area contributed by atoms with Gasteiger partial charge in [-0.1, -0.05) is 11.6 Å². The molecule has 0 fully saturated rings. The Kier molecular flexibility index (Phi) is 6.54. The molecular weight excluding hydrogens is 467 g/mol. The number of carboxylic acids is 1. The van der Waals surface area contributed by atoms with Crippen LogP contribution in [0.1, 0.15) is 5.69 Å². The molecule has 2 aromatic heterocycles. The van der Waals surface area contributed by atoms with Gasteiger partial charge in [0.15, 0.2) is 17.1 Å². The quantitative estimate of drug-likeness (QED) is 0.371. The van der Waals surface area contributed by atoms with Crippen LogP contribution < -0.4 is 9.47 Å². The molecule has 0 spiro atoms. The molecule has 0 aliphatic heterocycles. The fourth-order valence-electron chi connectivity index (χ4n) is 3.14. The third-order valence-electron chi connectivity index (χ3n) is 4.66. The third-order valence-corrected chi connectivity index (χ3v) is 4.96. The number of aryl methyl sites for hydroxylation is 1. The van der Waals surface area contributed by atoms with E-state index < -0.39 is 12.1 Å². The predicted molar refractivity (Wildman–Crippen MR) is 115 cm³/mol. The highest BCUT2D eigenvalue weighted by Crippen LogP contribution is 2.40. The molecule has 0 saturated heterocycles.